The molecule has 0 aromatic heterocycles. The van der Waals surface area contributed by atoms with E-state index < -0.39 is 5.78 Å². The second kappa shape index (κ2) is 11.4. The predicted octanol–water partition coefficient (Wildman–Crippen LogP) is 1.62. The third kappa shape index (κ3) is 6.21. The maximum absolute atomic E-state index is 12.7. The molecule has 2 aromatic rings. The smallest absolute Gasteiger partial charge is 0.253 e. The molecule has 1 amide bonds. The molecule has 0 unspecified atom stereocenters. The van der Waals surface area contributed by atoms with Crippen molar-refractivity contribution < 1.29 is 19.1 Å². The number of nitrogens with one attached hydrogen (secondary N) is 1. The molecule has 2 aromatic carbocycles. The van der Waals surface area contributed by atoms with Crippen LogP contribution in [0.5, 0.6) is 5.75 Å². The molecule has 0 radical (unpaired) electrons. The van der Waals surface area contributed by atoms with Crippen LogP contribution < -0.4 is 16.2 Å². The zero-order valence-corrected chi connectivity index (χ0v) is 19.5. The second-order valence-corrected chi connectivity index (χ2v) is 8.10. The molecule has 0 saturated carbocycles. The van der Waals surface area contributed by atoms with Crippen molar-refractivity contribution in [2.24, 2.45) is 5.73 Å². The molecule has 1 aliphatic rings. The van der Waals surface area contributed by atoms with Crippen LogP contribution in [0.1, 0.15) is 21.5 Å². The van der Waals surface area contributed by atoms with Crippen LogP contribution in [-0.4, -0.2) is 80.8 Å². The molecule has 1 heterocycles. The fourth-order valence-electron chi connectivity index (χ4n) is 3.53. The summed E-state index contributed by atoms with van der Waals surface area (Å²) in [5.74, 6) is -0.0696. The maximum atomic E-state index is 12.7. The monoisotopic (exact) mass is 465 g/mol. The lowest BCUT2D eigenvalue weighted by atomic mass is 10.0. The van der Waals surface area contributed by atoms with Crippen LogP contribution in [0.4, 0.5) is 5.69 Å². The molecule has 3 rings (SSSR count). The highest BCUT2D eigenvalue weighted by atomic mass is 16.5. The second-order valence-electron chi connectivity index (χ2n) is 8.10. The molecule has 9 nitrogen and oxygen atoms in total. The van der Waals surface area contributed by atoms with Gasteiger partial charge >= 0.3 is 0 Å². The highest BCUT2D eigenvalue weighted by molar-refractivity contribution is 6.50. The number of amides is 1. The number of piperazine rings is 1. The molecule has 34 heavy (non-hydrogen) atoms. The largest absolute Gasteiger partial charge is 0.491 e. The van der Waals surface area contributed by atoms with E-state index in [0.717, 1.165) is 13.1 Å². The van der Waals surface area contributed by atoms with Crippen LogP contribution in [0.3, 0.4) is 0 Å². The standard InChI is InChI=1S/C25H31N5O4/c1-29-9-11-30(12-10-29)25(32)18-5-3-17(4-6-18)21(26)16-23(31)24(28)20-8-7-19(15-22(20)27)34-14-13-33-2/h3-8,15-16,28H,9-14,26-27H2,1-2H3. The van der Waals surface area contributed by atoms with Crippen LogP contribution >= 0.6 is 0 Å². The third-order valence-electron chi connectivity index (χ3n) is 5.64. The van der Waals surface area contributed by atoms with Gasteiger partial charge in [-0.15, -0.1) is 0 Å². The van der Waals surface area contributed by atoms with Crippen LogP contribution in [0.2, 0.25) is 0 Å². The van der Waals surface area contributed by atoms with Crippen molar-refractivity contribution in [1.82, 2.24) is 9.80 Å². The van der Waals surface area contributed by atoms with Gasteiger partial charge in [-0.25, -0.2) is 0 Å². The lowest BCUT2D eigenvalue weighted by Crippen LogP contribution is -2.47. The number of nitrogen functional groups attached to an aromatic ring is 1. The van der Waals surface area contributed by atoms with Crippen molar-refractivity contribution in [2.45, 2.75) is 0 Å². The van der Waals surface area contributed by atoms with Gasteiger partial charge in [0.1, 0.15) is 18.1 Å². The average molecular weight is 466 g/mol. The average Bonchev–Trinajstić information content (AvgIpc) is 2.84. The first kappa shape index (κ1) is 24.9. The topological polar surface area (TPSA) is 135 Å². The van der Waals surface area contributed by atoms with E-state index in [1.54, 1.807) is 49.6 Å². The van der Waals surface area contributed by atoms with Crippen molar-refractivity contribution in [1.29, 1.82) is 5.41 Å². The van der Waals surface area contributed by atoms with E-state index in [-0.39, 0.29) is 23.0 Å². The van der Waals surface area contributed by atoms with Crippen molar-refractivity contribution in [3.05, 3.63) is 65.2 Å². The van der Waals surface area contributed by atoms with Gasteiger partial charge < -0.3 is 30.7 Å². The molecule has 1 aliphatic heterocycles. The molecule has 180 valence electrons. The molecular formula is C25H31N5O4. The first-order valence-electron chi connectivity index (χ1n) is 11.0. The van der Waals surface area contributed by atoms with Crippen molar-refractivity contribution >= 4 is 28.8 Å². The van der Waals surface area contributed by atoms with Gasteiger partial charge in [-0.3, -0.25) is 15.0 Å². The van der Waals surface area contributed by atoms with E-state index in [1.165, 1.54) is 6.08 Å². The van der Waals surface area contributed by atoms with Crippen LogP contribution in [-0.2, 0) is 9.53 Å². The fourth-order valence-corrected chi connectivity index (χ4v) is 3.53. The first-order chi connectivity index (χ1) is 16.3. The van der Waals surface area contributed by atoms with Gasteiger partial charge in [0.15, 0.2) is 0 Å². The summed E-state index contributed by atoms with van der Waals surface area (Å²) in [6.07, 6.45) is 1.20. The number of allylic oxidation sites excluding steroid dienone is 1. The normalized spacial score (nSPS) is 14.6. The molecule has 1 saturated heterocycles. The number of ether oxygens (including phenoxy) is 2. The number of methoxy groups -OCH3 is 1. The quantitative estimate of drug-likeness (QED) is 0.222. The zero-order valence-electron chi connectivity index (χ0n) is 19.5. The van der Waals surface area contributed by atoms with Gasteiger partial charge in [-0.05, 0) is 36.9 Å². The number of carbonyl (C=O) groups is 2. The molecule has 0 atom stereocenters. The number of anilines is 1. The van der Waals surface area contributed by atoms with Gasteiger partial charge in [0.2, 0.25) is 5.78 Å². The number of likely N-dealkylation sites (N-methyl/N-ethyl adjacent to an activating group) is 1. The Morgan fingerprint density at radius 1 is 1.03 bits per heavy atom. The van der Waals surface area contributed by atoms with Gasteiger partial charge in [0, 0.05) is 67.9 Å². The minimum atomic E-state index is -0.574. The molecule has 1 fully saturated rings. The van der Waals surface area contributed by atoms with Gasteiger partial charge in [-0.2, -0.15) is 0 Å². The summed E-state index contributed by atoms with van der Waals surface area (Å²) in [7, 11) is 3.62. The molecule has 0 aliphatic carbocycles. The Labute approximate surface area is 199 Å². The number of benzene rings is 2. The Hall–Kier alpha value is -3.69. The van der Waals surface area contributed by atoms with Crippen LogP contribution in [0.15, 0.2) is 48.5 Å². The summed E-state index contributed by atoms with van der Waals surface area (Å²) >= 11 is 0. The van der Waals surface area contributed by atoms with Crippen molar-refractivity contribution in [3.8, 4) is 5.75 Å². The van der Waals surface area contributed by atoms with E-state index in [9.17, 15) is 9.59 Å². The molecule has 9 heteroatoms. The lowest BCUT2D eigenvalue weighted by molar-refractivity contribution is -0.108. The Morgan fingerprint density at radius 2 is 1.68 bits per heavy atom. The summed E-state index contributed by atoms with van der Waals surface area (Å²) in [6.45, 7) is 3.89. The van der Waals surface area contributed by atoms with E-state index >= 15 is 0 Å². The summed E-state index contributed by atoms with van der Waals surface area (Å²) in [6, 6.07) is 11.6. The number of rotatable bonds is 9. The fraction of sp³-hybridized carbons (Fsp3) is 0.320. The highest BCUT2D eigenvalue weighted by Crippen LogP contribution is 2.21. The minimum absolute atomic E-state index is 0.0230. The van der Waals surface area contributed by atoms with Crippen molar-refractivity contribution in [2.75, 3.05) is 59.3 Å². The van der Waals surface area contributed by atoms with Gasteiger partial charge in [-0.1, -0.05) is 12.1 Å². The molecular weight excluding hydrogens is 434 g/mol. The number of ketones is 1. The van der Waals surface area contributed by atoms with E-state index in [0.29, 0.717) is 48.7 Å². The Bertz CT molecular complexity index is 1070. The Morgan fingerprint density at radius 3 is 2.29 bits per heavy atom. The third-order valence-corrected chi connectivity index (χ3v) is 5.64. The Balaban J connectivity index is 1.65. The molecule has 0 bridgehead atoms. The van der Waals surface area contributed by atoms with Gasteiger partial charge in [0.25, 0.3) is 5.91 Å². The SMILES string of the molecule is COCCOc1ccc(C(=N)C(=O)C=C(N)c2ccc(C(=O)N3CCN(C)CC3)cc2)c(N)c1. The number of carbonyl (C=O) groups excluding carboxylic acids is 2. The summed E-state index contributed by atoms with van der Waals surface area (Å²) in [5, 5.41) is 8.24. The highest BCUT2D eigenvalue weighted by Gasteiger charge is 2.20. The summed E-state index contributed by atoms with van der Waals surface area (Å²) < 4.78 is 10.4. The lowest BCUT2D eigenvalue weighted by Gasteiger charge is -2.32. The number of nitrogens with zero attached hydrogens (tertiary/aromatic N) is 2. The molecule has 5 N–H and O–H groups in total. The van der Waals surface area contributed by atoms with Crippen molar-refractivity contribution in [3.63, 3.8) is 0 Å². The van der Waals surface area contributed by atoms with Crippen LogP contribution in [0.25, 0.3) is 5.70 Å². The minimum Gasteiger partial charge on any atom is -0.491 e. The Kier molecular flexibility index (Phi) is 8.39. The molecule has 0 spiro atoms. The summed E-state index contributed by atoms with van der Waals surface area (Å²) in [5.41, 5.74) is 13.8. The summed E-state index contributed by atoms with van der Waals surface area (Å²) in [4.78, 5) is 29.3. The predicted molar refractivity (Wildman–Crippen MR) is 132 cm³/mol. The first-order valence-corrected chi connectivity index (χ1v) is 11.0. The zero-order chi connectivity index (χ0) is 24.7. The number of nitrogens with two attached hydrogens (primary N) is 2. The maximum Gasteiger partial charge on any atom is 0.253 e. The van der Waals surface area contributed by atoms with Crippen LogP contribution in [0, 0.1) is 5.41 Å². The van der Waals surface area contributed by atoms with E-state index in [4.69, 9.17) is 26.4 Å². The van der Waals surface area contributed by atoms with E-state index in [2.05, 4.69) is 4.90 Å². The number of hydrogen-bond donors (Lipinski definition) is 3. The van der Waals surface area contributed by atoms with Gasteiger partial charge in [0.05, 0.1) is 6.61 Å². The van der Waals surface area contributed by atoms with E-state index in [1.807, 2.05) is 11.9 Å². The number of hydrogen-bond acceptors (Lipinski definition) is 8.